The summed E-state index contributed by atoms with van der Waals surface area (Å²) in [6.07, 6.45) is 1.11. The van der Waals surface area contributed by atoms with Gasteiger partial charge >= 0.3 is 6.34 Å². The Morgan fingerprint density at radius 1 is 1.64 bits per heavy atom. The summed E-state index contributed by atoms with van der Waals surface area (Å²) < 4.78 is 0.354. The van der Waals surface area contributed by atoms with Gasteiger partial charge in [-0.1, -0.05) is 4.91 Å². The van der Waals surface area contributed by atoms with Crippen LogP contribution in [0.4, 0.5) is 0 Å². The third-order valence-electron chi connectivity index (χ3n) is 1.53. The maximum Gasteiger partial charge on any atom is 0.330 e. The van der Waals surface area contributed by atoms with Crippen LogP contribution in [0.3, 0.4) is 0 Å². The van der Waals surface area contributed by atoms with Gasteiger partial charge in [0.2, 0.25) is 6.04 Å². The molecule has 0 fully saturated rings. The van der Waals surface area contributed by atoms with Gasteiger partial charge in [-0.2, -0.15) is 4.99 Å². The second-order valence-electron chi connectivity index (χ2n) is 2.21. The van der Waals surface area contributed by atoms with Crippen LogP contribution in [0.1, 0.15) is 0 Å². The van der Waals surface area contributed by atoms with Crippen LogP contribution in [-0.4, -0.2) is 40.6 Å². The van der Waals surface area contributed by atoms with E-state index < -0.39 is 12.3 Å². The van der Waals surface area contributed by atoms with E-state index in [0.29, 0.717) is 10.6 Å². The summed E-state index contributed by atoms with van der Waals surface area (Å²) in [4.78, 5) is 21.9. The number of fused-ring (bicyclic) bond motifs is 1. The van der Waals surface area contributed by atoms with Gasteiger partial charge in [0.25, 0.3) is 12.1 Å². The van der Waals surface area contributed by atoms with Gasteiger partial charge in [-0.3, -0.25) is 4.99 Å². The fourth-order valence-electron chi connectivity index (χ4n) is 0.951. The molecule has 2 heterocycles. The first-order valence-electron chi connectivity index (χ1n) is 3.06. The average molecular weight is 153 g/mol. The van der Waals surface area contributed by atoms with Gasteiger partial charge < -0.3 is 5.11 Å². The molecule has 2 aliphatic rings. The zero-order valence-corrected chi connectivity index (χ0v) is 5.45. The molecular weight excluding hydrogens is 148 g/mol. The molecule has 0 saturated carbocycles. The molecule has 0 aromatic carbocycles. The molecule has 0 aromatic rings. The molecule has 0 aliphatic carbocycles. The number of hydrogen-bond donors (Lipinski definition) is 1. The van der Waals surface area contributed by atoms with Crippen LogP contribution >= 0.6 is 0 Å². The highest BCUT2D eigenvalue weighted by atomic mass is 16.4. The maximum atomic E-state index is 10.7. The molecule has 0 amide bonds. The summed E-state index contributed by atoms with van der Waals surface area (Å²) in [5.41, 5.74) is 0. The average Bonchev–Trinajstić information content (AvgIpc) is 2.45. The Hall–Kier alpha value is -1.43. The zero-order chi connectivity index (χ0) is 7.84. The van der Waals surface area contributed by atoms with E-state index in [1.54, 1.807) is 0 Å². The van der Waals surface area contributed by atoms with Gasteiger partial charge in [0.05, 0.1) is 0 Å². The minimum atomic E-state index is -1.18. The van der Waals surface area contributed by atoms with Gasteiger partial charge in [0, 0.05) is 4.76 Å². The quantitative estimate of drug-likeness (QED) is 0.450. The lowest BCUT2D eigenvalue weighted by molar-refractivity contribution is -0.524. The fraction of sp³-hybridized carbons (Fsp3) is 0.400. The van der Waals surface area contributed by atoms with E-state index >= 15 is 0 Å². The highest BCUT2D eigenvalue weighted by Gasteiger charge is 2.40. The first kappa shape index (κ1) is 6.29. The molecule has 11 heavy (non-hydrogen) atoms. The number of amidine groups is 1. The standard InChI is InChI=1S/C5H5N4O2/c10-5-3-4(7-1-6-3)8-2-9(5)11/h1-3,5,10H/q+1. The first-order valence-corrected chi connectivity index (χ1v) is 3.06. The molecule has 0 spiro atoms. The number of nitrogens with zero attached hydrogens (tertiary/aromatic N) is 4. The van der Waals surface area contributed by atoms with Crippen LogP contribution in [0.2, 0.25) is 0 Å². The number of nitroso groups, excluding NO2 is 1. The topological polar surface area (TPSA) is 77.4 Å². The van der Waals surface area contributed by atoms with E-state index in [1.807, 2.05) is 0 Å². The van der Waals surface area contributed by atoms with E-state index in [0.717, 1.165) is 6.34 Å². The Balaban J connectivity index is 2.40. The Morgan fingerprint density at radius 3 is 3.27 bits per heavy atom. The molecule has 2 rings (SSSR count). The monoisotopic (exact) mass is 153 g/mol. The van der Waals surface area contributed by atoms with Crippen LogP contribution in [0.25, 0.3) is 0 Å². The summed E-state index contributed by atoms with van der Waals surface area (Å²) in [7, 11) is 0. The van der Waals surface area contributed by atoms with Gasteiger partial charge in [0.1, 0.15) is 6.34 Å². The number of rotatable bonds is 0. The van der Waals surface area contributed by atoms with Crippen molar-refractivity contribution in [3.8, 4) is 0 Å². The third-order valence-corrected chi connectivity index (χ3v) is 1.53. The summed E-state index contributed by atoms with van der Waals surface area (Å²) >= 11 is 0. The molecular formula is C5H5N4O2+. The van der Waals surface area contributed by atoms with Gasteiger partial charge in [-0.05, 0) is 4.99 Å². The summed E-state index contributed by atoms with van der Waals surface area (Å²) in [5, 5.41) is 9.18. The normalized spacial score (nSPS) is 33.9. The molecule has 0 aromatic heterocycles. The molecule has 2 unspecified atom stereocenters. The minimum Gasteiger partial charge on any atom is -0.351 e. The van der Waals surface area contributed by atoms with Crippen molar-refractivity contribution < 1.29 is 9.87 Å². The van der Waals surface area contributed by atoms with Crippen LogP contribution in [0.15, 0.2) is 15.0 Å². The Labute approximate surface area is 61.6 Å². The van der Waals surface area contributed by atoms with Gasteiger partial charge in [-0.15, -0.1) is 0 Å². The van der Waals surface area contributed by atoms with E-state index in [1.165, 1.54) is 6.34 Å². The van der Waals surface area contributed by atoms with E-state index in [4.69, 9.17) is 0 Å². The van der Waals surface area contributed by atoms with Crippen molar-refractivity contribution >= 4 is 18.5 Å². The highest BCUT2D eigenvalue weighted by molar-refractivity contribution is 6.01. The molecule has 6 heteroatoms. The number of aliphatic hydroxyl groups is 1. The molecule has 0 radical (unpaired) electrons. The van der Waals surface area contributed by atoms with Crippen LogP contribution in [0.5, 0.6) is 0 Å². The van der Waals surface area contributed by atoms with E-state index in [2.05, 4.69) is 15.0 Å². The smallest absolute Gasteiger partial charge is 0.330 e. The minimum absolute atomic E-state index is 0.354. The lowest BCUT2D eigenvalue weighted by Gasteiger charge is -2.09. The highest BCUT2D eigenvalue weighted by Crippen LogP contribution is 2.11. The fourth-order valence-corrected chi connectivity index (χ4v) is 0.951. The second-order valence-corrected chi connectivity index (χ2v) is 2.21. The van der Waals surface area contributed by atoms with Crippen molar-refractivity contribution in [1.29, 1.82) is 0 Å². The zero-order valence-electron chi connectivity index (χ0n) is 5.45. The van der Waals surface area contributed by atoms with Crippen molar-refractivity contribution in [3.63, 3.8) is 0 Å². The summed E-state index contributed by atoms with van der Waals surface area (Å²) in [6, 6.07) is -0.600. The van der Waals surface area contributed by atoms with Gasteiger partial charge in [-0.25, -0.2) is 0 Å². The number of aliphatic imine (C=N–C) groups is 3. The lowest BCUT2D eigenvalue weighted by Crippen LogP contribution is -2.41. The van der Waals surface area contributed by atoms with Crippen molar-refractivity contribution in [1.82, 2.24) is 0 Å². The number of aliphatic hydroxyl groups excluding tert-OH is 1. The van der Waals surface area contributed by atoms with Crippen molar-refractivity contribution in [2.75, 3.05) is 0 Å². The molecule has 2 aliphatic heterocycles. The maximum absolute atomic E-state index is 10.7. The van der Waals surface area contributed by atoms with E-state index in [9.17, 15) is 10.0 Å². The van der Waals surface area contributed by atoms with Crippen molar-refractivity contribution in [2.45, 2.75) is 12.3 Å². The van der Waals surface area contributed by atoms with Crippen LogP contribution in [-0.2, 0) is 0 Å². The molecule has 6 nitrogen and oxygen atoms in total. The molecule has 1 N–H and O–H groups in total. The van der Waals surface area contributed by atoms with Crippen LogP contribution in [0, 0.1) is 4.91 Å². The Kier molecular flexibility index (Phi) is 1.16. The predicted molar refractivity (Wildman–Crippen MR) is 37.8 cm³/mol. The number of hydrogen-bond acceptors (Lipinski definition) is 5. The molecule has 0 saturated heterocycles. The Bertz CT molecular complexity index is 293. The summed E-state index contributed by atoms with van der Waals surface area (Å²) in [5.74, 6) is 0.393. The SMILES string of the molecule is O=[N+]1C=NC2=NC=NC2C1O. The van der Waals surface area contributed by atoms with Crippen LogP contribution < -0.4 is 0 Å². The van der Waals surface area contributed by atoms with Gasteiger partial charge in [0.15, 0.2) is 0 Å². The summed E-state index contributed by atoms with van der Waals surface area (Å²) in [6.45, 7) is 0. The molecule has 0 bridgehead atoms. The first-order chi connectivity index (χ1) is 5.29. The second kappa shape index (κ2) is 2.03. The largest absolute Gasteiger partial charge is 0.351 e. The van der Waals surface area contributed by atoms with Crippen molar-refractivity contribution in [2.24, 2.45) is 15.0 Å². The van der Waals surface area contributed by atoms with Crippen molar-refractivity contribution in [3.05, 3.63) is 4.91 Å². The van der Waals surface area contributed by atoms with E-state index in [-0.39, 0.29) is 0 Å². The lowest BCUT2D eigenvalue weighted by atomic mass is 10.2. The molecule has 2 atom stereocenters. The molecule has 56 valence electrons. The predicted octanol–water partition coefficient (Wildman–Crippen LogP) is -1.07. The Morgan fingerprint density at radius 2 is 2.45 bits per heavy atom. The third kappa shape index (κ3) is 0.795.